The van der Waals surface area contributed by atoms with Crippen LogP contribution in [0.2, 0.25) is 0 Å². The Bertz CT molecular complexity index is 417. The summed E-state index contributed by atoms with van der Waals surface area (Å²) >= 11 is 0. The van der Waals surface area contributed by atoms with Gasteiger partial charge in [0.15, 0.2) is 0 Å². The summed E-state index contributed by atoms with van der Waals surface area (Å²) in [5.41, 5.74) is 5.87. The van der Waals surface area contributed by atoms with Gasteiger partial charge in [-0.1, -0.05) is 0 Å². The van der Waals surface area contributed by atoms with Gasteiger partial charge in [-0.2, -0.15) is 4.98 Å². The van der Waals surface area contributed by atoms with E-state index < -0.39 is 0 Å². The second-order valence-electron chi connectivity index (χ2n) is 5.96. The van der Waals surface area contributed by atoms with Crippen molar-refractivity contribution >= 4 is 5.95 Å². The maximum Gasteiger partial charge on any atom is 0.244 e. The van der Waals surface area contributed by atoms with Crippen LogP contribution >= 0.6 is 0 Å². The Balaban J connectivity index is 2.08. The molecule has 0 saturated carbocycles. The lowest BCUT2D eigenvalue weighted by molar-refractivity contribution is 0.0216. The van der Waals surface area contributed by atoms with E-state index in [9.17, 15) is 0 Å². The molecule has 1 aliphatic rings. The van der Waals surface area contributed by atoms with Crippen molar-refractivity contribution in [2.75, 3.05) is 18.6 Å². The van der Waals surface area contributed by atoms with Crippen molar-refractivity contribution in [2.45, 2.75) is 57.7 Å². The fraction of sp³-hybridized carbons (Fsp3) is 0.846. The molecule has 0 bridgehead atoms. The van der Waals surface area contributed by atoms with Crippen LogP contribution in [0.3, 0.4) is 0 Å². The van der Waals surface area contributed by atoms with Gasteiger partial charge >= 0.3 is 0 Å². The van der Waals surface area contributed by atoms with Crippen molar-refractivity contribution in [3.8, 4) is 0 Å². The minimum Gasteiger partial charge on any atom is -0.378 e. The maximum atomic E-state index is 6.11. The molecular formula is C13H25N5O. The lowest BCUT2D eigenvalue weighted by Gasteiger charge is -2.36. The van der Waals surface area contributed by atoms with Crippen molar-refractivity contribution < 1.29 is 4.74 Å². The Morgan fingerprint density at radius 3 is 2.95 bits per heavy atom. The molecule has 1 saturated heterocycles. The molecule has 1 aliphatic heterocycles. The number of aromatic nitrogens is 3. The first kappa shape index (κ1) is 14.3. The van der Waals surface area contributed by atoms with Crippen LogP contribution in [0.25, 0.3) is 0 Å². The molecule has 6 nitrogen and oxygen atoms in total. The topological polar surface area (TPSA) is 80.1 Å². The molecule has 19 heavy (non-hydrogen) atoms. The molecule has 6 heteroatoms. The molecule has 1 fully saturated rings. The molecule has 1 aromatic heterocycles. The molecule has 2 unspecified atom stereocenters. The van der Waals surface area contributed by atoms with Crippen molar-refractivity contribution in [3.63, 3.8) is 0 Å². The Kier molecular flexibility index (Phi) is 4.10. The largest absolute Gasteiger partial charge is 0.378 e. The smallest absolute Gasteiger partial charge is 0.244 e. The van der Waals surface area contributed by atoms with Crippen LogP contribution in [0.4, 0.5) is 5.95 Å². The quantitative estimate of drug-likeness (QED) is 0.853. The molecule has 108 valence electrons. The summed E-state index contributed by atoms with van der Waals surface area (Å²) in [5, 5.41) is 7.33. The van der Waals surface area contributed by atoms with Gasteiger partial charge in [0, 0.05) is 32.2 Å². The van der Waals surface area contributed by atoms with E-state index >= 15 is 0 Å². The van der Waals surface area contributed by atoms with Crippen LogP contribution in [0.15, 0.2) is 0 Å². The van der Waals surface area contributed by atoms with Gasteiger partial charge in [-0.25, -0.2) is 0 Å². The van der Waals surface area contributed by atoms with E-state index in [4.69, 9.17) is 10.5 Å². The van der Waals surface area contributed by atoms with Gasteiger partial charge in [0.1, 0.15) is 5.82 Å². The molecule has 0 amide bonds. The summed E-state index contributed by atoms with van der Waals surface area (Å²) < 4.78 is 5.41. The molecule has 0 aliphatic carbocycles. The van der Waals surface area contributed by atoms with Crippen molar-refractivity contribution in [3.05, 3.63) is 5.82 Å². The minimum atomic E-state index is -0.235. The highest BCUT2D eigenvalue weighted by atomic mass is 16.5. The zero-order chi connectivity index (χ0) is 14.0. The van der Waals surface area contributed by atoms with Crippen LogP contribution in [-0.2, 0) is 11.2 Å². The van der Waals surface area contributed by atoms with Gasteiger partial charge in [0.05, 0.1) is 5.60 Å². The van der Waals surface area contributed by atoms with E-state index in [2.05, 4.69) is 27.0 Å². The first-order valence-electron chi connectivity index (χ1n) is 6.91. The number of nitrogens with one attached hydrogen (secondary N) is 1. The summed E-state index contributed by atoms with van der Waals surface area (Å²) in [6.45, 7) is 7.18. The summed E-state index contributed by atoms with van der Waals surface area (Å²) in [4.78, 5) is 6.76. The molecule has 2 atom stereocenters. The normalized spacial score (nSPS) is 24.8. The van der Waals surface area contributed by atoms with Crippen molar-refractivity contribution in [2.24, 2.45) is 5.73 Å². The number of nitrogens with zero attached hydrogens (tertiary/aromatic N) is 3. The van der Waals surface area contributed by atoms with Gasteiger partial charge in [0.2, 0.25) is 5.95 Å². The maximum absolute atomic E-state index is 6.11. The highest BCUT2D eigenvalue weighted by Gasteiger charge is 2.28. The highest BCUT2D eigenvalue weighted by molar-refractivity contribution is 5.32. The van der Waals surface area contributed by atoms with E-state index in [1.54, 1.807) is 7.11 Å². The summed E-state index contributed by atoms with van der Waals surface area (Å²) in [6, 6.07) is 0.485. The van der Waals surface area contributed by atoms with Crippen molar-refractivity contribution in [1.29, 1.82) is 0 Å². The molecule has 2 heterocycles. The first-order valence-corrected chi connectivity index (χ1v) is 6.91. The molecule has 0 aromatic carbocycles. The fourth-order valence-electron chi connectivity index (χ4n) is 2.42. The van der Waals surface area contributed by atoms with Crippen LogP contribution in [0, 0.1) is 0 Å². The molecule has 0 radical (unpaired) electrons. The highest BCUT2D eigenvalue weighted by Crippen LogP contribution is 2.22. The number of methoxy groups -OCH3 is 1. The predicted octanol–water partition coefficient (Wildman–Crippen LogP) is 1.09. The SMILES string of the molecule is COC(C)(C)Cc1nc(N2CCCC(N)C2C)n[nH]1. The van der Waals surface area contributed by atoms with E-state index in [1.165, 1.54) is 0 Å². The molecule has 0 spiro atoms. The monoisotopic (exact) mass is 267 g/mol. The van der Waals surface area contributed by atoms with E-state index in [-0.39, 0.29) is 17.7 Å². The van der Waals surface area contributed by atoms with Crippen molar-refractivity contribution in [1.82, 2.24) is 15.2 Å². The van der Waals surface area contributed by atoms with E-state index in [0.717, 1.165) is 31.2 Å². The number of piperidine rings is 1. The first-order chi connectivity index (χ1) is 8.93. The van der Waals surface area contributed by atoms with Gasteiger partial charge < -0.3 is 15.4 Å². The summed E-state index contributed by atoms with van der Waals surface area (Å²) in [7, 11) is 1.71. The molecular weight excluding hydrogens is 242 g/mol. The van der Waals surface area contributed by atoms with Gasteiger partial charge in [-0.05, 0) is 33.6 Å². The Morgan fingerprint density at radius 1 is 1.53 bits per heavy atom. The van der Waals surface area contributed by atoms with E-state index in [0.29, 0.717) is 6.42 Å². The number of anilines is 1. The van der Waals surface area contributed by atoms with Gasteiger partial charge in [0.25, 0.3) is 0 Å². The average molecular weight is 267 g/mol. The van der Waals surface area contributed by atoms with E-state index in [1.807, 2.05) is 13.8 Å². The van der Waals surface area contributed by atoms with Crippen LogP contribution in [0.1, 0.15) is 39.4 Å². The number of aromatic amines is 1. The number of hydrogen-bond donors (Lipinski definition) is 2. The lowest BCUT2D eigenvalue weighted by atomic mass is 9.99. The second kappa shape index (κ2) is 5.46. The number of nitrogens with two attached hydrogens (primary N) is 1. The van der Waals surface area contributed by atoms with Crippen LogP contribution < -0.4 is 10.6 Å². The summed E-state index contributed by atoms with van der Waals surface area (Å²) in [5.74, 6) is 1.61. The zero-order valence-electron chi connectivity index (χ0n) is 12.3. The third-order valence-corrected chi connectivity index (χ3v) is 3.97. The number of rotatable bonds is 4. The third-order valence-electron chi connectivity index (χ3n) is 3.97. The summed E-state index contributed by atoms with van der Waals surface area (Å²) in [6.07, 6.45) is 2.88. The lowest BCUT2D eigenvalue weighted by Crippen LogP contribution is -2.51. The van der Waals surface area contributed by atoms with Crippen LogP contribution in [-0.4, -0.2) is 46.5 Å². The number of H-pyrrole nitrogens is 1. The van der Waals surface area contributed by atoms with Gasteiger partial charge in [-0.15, -0.1) is 5.10 Å². The second-order valence-corrected chi connectivity index (χ2v) is 5.96. The van der Waals surface area contributed by atoms with Crippen LogP contribution in [0.5, 0.6) is 0 Å². The predicted molar refractivity (Wildman–Crippen MR) is 75.2 cm³/mol. The Labute approximate surface area is 114 Å². The number of hydrogen-bond acceptors (Lipinski definition) is 5. The average Bonchev–Trinajstić information content (AvgIpc) is 2.80. The Hall–Kier alpha value is -1.14. The molecule has 2 rings (SSSR count). The zero-order valence-corrected chi connectivity index (χ0v) is 12.3. The minimum absolute atomic E-state index is 0.200. The standard InChI is InChI=1S/C13H25N5O/c1-9-10(14)6-5-7-18(9)12-15-11(16-17-12)8-13(2,3)19-4/h9-10H,5-8,14H2,1-4H3,(H,15,16,17). The fourth-order valence-corrected chi connectivity index (χ4v) is 2.42. The van der Waals surface area contributed by atoms with Gasteiger partial charge in [-0.3, -0.25) is 5.10 Å². The Morgan fingerprint density at radius 2 is 2.26 bits per heavy atom. The molecule has 3 N–H and O–H groups in total. The third kappa shape index (κ3) is 3.25. The number of ether oxygens (including phenoxy) is 1. The molecule has 1 aromatic rings.